The average Bonchev–Trinajstić information content (AvgIpc) is 2.74. The van der Waals surface area contributed by atoms with Gasteiger partial charge in [-0.3, -0.25) is 9.59 Å². The Morgan fingerprint density at radius 3 is 2.88 bits per heavy atom. The van der Waals surface area contributed by atoms with Crippen LogP contribution in [0.3, 0.4) is 0 Å². The van der Waals surface area contributed by atoms with Crippen molar-refractivity contribution in [3.8, 4) is 0 Å². The van der Waals surface area contributed by atoms with E-state index in [1.54, 1.807) is 31.2 Å². The molecule has 25 heavy (non-hydrogen) atoms. The third-order valence-corrected chi connectivity index (χ3v) is 3.80. The van der Waals surface area contributed by atoms with E-state index in [9.17, 15) is 14.4 Å². The second-order valence-electron chi connectivity index (χ2n) is 5.66. The number of fused-ring (bicyclic) bond motifs is 1. The van der Waals surface area contributed by atoms with Crippen molar-refractivity contribution in [2.75, 3.05) is 30.0 Å². The molecule has 2 amide bonds. The Morgan fingerprint density at radius 2 is 2.12 bits per heavy atom. The minimum absolute atomic E-state index is 0.0693. The zero-order chi connectivity index (χ0) is 17.8. The largest absolute Gasteiger partial charge is 0.493 e. The molecule has 0 aliphatic carbocycles. The first-order chi connectivity index (χ1) is 12.1. The number of nitrogens with zero attached hydrogens (tertiary/aromatic N) is 1. The van der Waals surface area contributed by atoms with Crippen LogP contribution in [0.4, 0.5) is 11.4 Å². The molecule has 0 saturated carbocycles. The number of amides is 2. The number of esters is 1. The Morgan fingerprint density at radius 1 is 1.32 bits per heavy atom. The summed E-state index contributed by atoms with van der Waals surface area (Å²) in [6, 6.07) is 6.62. The van der Waals surface area contributed by atoms with Gasteiger partial charge in [0.1, 0.15) is 19.5 Å². The second-order valence-corrected chi connectivity index (χ2v) is 5.66. The van der Waals surface area contributed by atoms with Gasteiger partial charge in [-0.2, -0.15) is 0 Å². The number of nitrogens with one attached hydrogen (secondary N) is 1. The molecule has 1 aromatic rings. The minimum atomic E-state index is -0.766. The highest BCUT2D eigenvalue weighted by Crippen LogP contribution is 2.31. The van der Waals surface area contributed by atoms with Crippen molar-refractivity contribution in [1.29, 1.82) is 0 Å². The maximum Gasteiger partial charge on any atom is 0.377 e. The predicted octanol–water partition coefficient (Wildman–Crippen LogP) is 1.18. The van der Waals surface area contributed by atoms with Gasteiger partial charge in [-0.05, 0) is 19.1 Å². The molecule has 0 unspecified atom stereocenters. The van der Waals surface area contributed by atoms with Crippen LogP contribution < -0.4 is 10.2 Å². The maximum absolute atomic E-state index is 12.6. The molecule has 2 aliphatic heterocycles. The quantitative estimate of drug-likeness (QED) is 0.826. The first kappa shape index (κ1) is 16.8. The van der Waals surface area contributed by atoms with Gasteiger partial charge in [0.25, 0.3) is 5.91 Å². The normalized spacial score (nSPS) is 19.4. The van der Waals surface area contributed by atoms with E-state index in [2.05, 4.69) is 5.32 Å². The van der Waals surface area contributed by atoms with Crippen LogP contribution in [0, 0.1) is 0 Å². The van der Waals surface area contributed by atoms with E-state index >= 15 is 0 Å². The summed E-state index contributed by atoms with van der Waals surface area (Å²) in [6.07, 6.45) is 1.32. The molecule has 2 aliphatic rings. The van der Waals surface area contributed by atoms with Crippen LogP contribution in [-0.2, 0) is 28.6 Å². The SMILES string of the molecule is C[C@@H]1CC(=O)Nc2ccccc2N1C(=O)COC(=O)C1=COCCO1. The lowest BCUT2D eigenvalue weighted by Gasteiger charge is -2.27. The Labute approximate surface area is 144 Å². The van der Waals surface area contributed by atoms with Gasteiger partial charge < -0.3 is 24.4 Å². The molecule has 3 rings (SSSR count). The molecule has 8 heteroatoms. The molecular weight excluding hydrogens is 328 g/mol. The first-order valence-electron chi connectivity index (χ1n) is 7.89. The van der Waals surface area contributed by atoms with Crippen molar-refractivity contribution >= 4 is 29.2 Å². The number of hydrogen-bond acceptors (Lipinski definition) is 6. The van der Waals surface area contributed by atoms with Gasteiger partial charge in [0.2, 0.25) is 11.7 Å². The van der Waals surface area contributed by atoms with E-state index in [1.807, 2.05) is 0 Å². The molecule has 1 atom stereocenters. The molecule has 8 nitrogen and oxygen atoms in total. The smallest absolute Gasteiger partial charge is 0.377 e. The summed E-state index contributed by atoms with van der Waals surface area (Å²) in [5, 5.41) is 2.77. The Kier molecular flexibility index (Phi) is 4.87. The van der Waals surface area contributed by atoms with Crippen molar-refractivity contribution in [3.63, 3.8) is 0 Å². The van der Waals surface area contributed by atoms with Crippen molar-refractivity contribution in [2.45, 2.75) is 19.4 Å². The van der Waals surface area contributed by atoms with E-state index in [0.717, 1.165) is 0 Å². The highest BCUT2D eigenvalue weighted by molar-refractivity contribution is 6.05. The number of anilines is 2. The molecule has 2 heterocycles. The molecule has 0 bridgehead atoms. The molecule has 132 valence electrons. The summed E-state index contributed by atoms with van der Waals surface area (Å²) in [5.74, 6) is -1.44. The minimum Gasteiger partial charge on any atom is -0.493 e. The summed E-state index contributed by atoms with van der Waals surface area (Å²) >= 11 is 0. The van der Waals surface area contributed by atoms with Gasteiger partial charge in [-0.15, -0.1) is 0 Å². The lowest BCUT2D eigenvalue weighted by molar-refractivity contribution is -0.148. The number of ether oxygens (including phenoxy) is 3. The fourth-order valence-electron chi connectivity index (χ4n) is 2.71. The monoisotopic (exact) mass is 346 g/mol. The Hall–Kier alpha value is -3.03. The van der Waals surface area contributed by atoms with Crippen molar-refractivity contribution < 1.29 is 28.6 Å². The zero-order valence-electron chi connectivity index (χ0n) is 13.7. The predicted molar refractivity (Wildman–Crippen MR) is 87.6 cm³/mol. The molecule has 0 spiro atoms. The summed E-state index contributed by atoms with van der Waals surface area (Å²) in [4.78, 5) is 37.9. The average molecular weight is 346 g/mol. The van der Waals surface area contributed by atoms with Crippen molar-refractivity contribution in [3.05, 3.63) is 36.3 Å². The third kappa shape index (κ3) is 3.73. The lowest BCUT2D eigenvalue weighted by Crippen LogP contribution is -2.41. The number of carbonyl (C=O) groups is 3. The summed E-state index contributed by atoms with van der Waals surface area (Å²) in [7, 11) is 0. The van der Waals surface area contributed by atoms with Gasteiger partial charge in [-0.1, -0.05) is 12.1 Å². The van der Waals surface area contributed by atoms with Crippen LogP contribution in [0.1, 0.15) is 13.3 Å². The molecule has 1 aromatic carbocycles. The number of hydrogen-bond donors (Lipinski definition) is 1. The number of para-hydroxylation sites is 2. The van der Waals surface area contributed by atoms with Gasteiger partial charge in [0, 0.05) is 12.5 Å². The second kappa shape index (κ2) is 7.25. The first-order valence-corrected chi connectivity index (χ1v) is 7.89. The molecule has 0 aromatic heterocycles. The molecule has 0 saturated heterocycles. The Bertz CT molecular complexity index is 730. The molecule has 1 N–H and O–H groups in total. The Balaban J connectivity index is 1.73. The van der Waals surface area contributed by atoms with Crippen LogP contribution in [0.15, 0.2) is 36.3 Å². The van der Waals surface area contributed by atoms with Crippen LogP contribution in [0.5, 0.6) is 0 Å². The van der Waals surface area contributed by atoms with Gasteiger partial charge in [0.05, 0.1) is 11.4 Å². The zero-order valence-corrected chi connectivity index (χ0v) is 13.7. The van der Waals surface area contributed by atoms with Gasteiger partial charge >= 0.3 is 5.97 Å². The van der Waals surface area contributed by atoms with Crippen molar-refractivity contribution in [1.82, 2.24) is 0 Å². The lowest BCUT2D eigenvalue weighted by atomic mass is 10.1. The van der Waals surface area contributed by atoms with E-state index in [-0.39, 0.29) is 30.7 Å². The van der Waals surface area contributed by atoms with E-state index in [4.69, 9.17) is 14.2 Å². The number of rotatable bonds is 3. The molecule has 0 fully saturated rings. The summed E-state index contributed by atoms with van der Waals surface area (Å²) in [6.45, 7) is 1.91. The molecular formula is C17H18N2O6. The highest BCUT2D eigenvalue weighted by Gasteiger charge is 2.30. The van der Waals surface area contributed by atoms with Crippen molar-refractivity contribution in [2.24, 2.45) is 0 Å². The maximum atomic E-state index is 12.6. The molecule has 0 radical (unpaired) electrons. The number of benzene rings is 1. The third-order valence-electron chi connectivity index (χ3n) is 3.80. The van der Waals surface area contributed by atoms with E-state index in [0.29, 0.717) is 18.0 Å². The van der Waals surface area contributed by atoms with Crippen LogP contribution in [0.25, 0.3) is 0 Å². The summed E-state index contributed by atoms with van der Waals surface area (Å²) in [5.41, 5.74) is 1.11. The van der Waals surface area contributed by atoms with Gasteiger partial charge in [-0.25, -0.2) is 4.79 Å². The van der Waals surface area contributed by atoms with E-state index in [1.165, 1.54) is 11.2 Å². The van der Waals surface area contributed by atoms with Crippen LogP contribution >= 0.6 is 0 Å². The fourth-order valence-corrected chi connectivity index (χ4v) is 2.71. The number of carbonyl (C=O) groups excluding carboxylic acids is 3. The van der Waals surface area contributed by atoms with Crippen LogP contribution in [-0.4, -0.2) is 43.6 Å². The van der Waals surface area contributed by atoms with Gasteiger partial charge in [0.15, 0.2) is 6.61 Å². The van der Waals surface area contributed by atoms with Crippen LogP contribution in [0.2, 0.25) is 0 Å². The summed E-state index contributed by atoms with van der Waals surface area (Å²) < 4.78 is 15.1. The van der Waals surface area contributed by atoms with E-state index < -0.39 is 18.5 Å². The highest BCUT2D eigenvalue weighted by atomic mass is 16.6. The topological polar surface area (TPSA) is 94.2 Å². The fraction of sp³-hybridized carbons (Fsp3) is 0.353. The standard InChI is InChI=1S/C17H18N2O6/c1-11-8-15(20)18-12-4-2-3-5-13(12)19(11)16(21)10-25-17(22)14-9-23-6-7-24-14/h2-5,9,11H,6-8,10H2,1H3,(H,18,20)/t11-/m1/s1.